The number of amides is 1. The number of aromatic nitrogens is 2. The van der Waals surface area contributed by atoms with Crippen molar-refractivity contribution in [3.05, 3.63) is 30.1 Å². The summed E-state index contributed by atoms with van der Waals surface area (Å²) in [5.41, 5.74) is 2.85. The fourth-order valence-electron chi connectivity index (χ4n) is 1.56. The third-order valence-corrected chi connectivity index (χ3v) is 2.47. The molecule has 0 fully saturated rings. The number of fused-ring (bicyclic) bond motifs is 1. The Morgan fingerprint density at radius 1 is 1.56 bits per heavy atom. The van der Waals surface area contributed by atoms with Crippen molar-refractivity contribution in [3.63, 3.8) is 0 Å². The Morgan fingerprint density at radius 3 is 3.12 bits per heavy atom. The van der Waals surface area contributed by atoms with Crippen LogP contribution in [0.1, 0.15) is 5.56 Å². The molecule has 5 heteroatoms. The van der Waals surface area contributed by atoms with Crippen LogP contribution in [0.5, 0.6) is 0 Å². The minimum Gasteiger partial charge on any atom is -0.387 e. The van der Waals surface area contributed by atoms with Crippen molar-refractivity contribution in [1.82, 2.24) is 14.9 Å². The van der Waals surface area contributed by atoms with E-state index in [1.54, 1.807) is 13.4 Å². The molecule has 0 saturated carbocycles. The Balaban J connectivity index is 2.17. The zero-order valence-electron chi connectivity index (χ0n) is 8.97. The van der Waals surface area contributed by atoms with E-state index in [1.807, 2.05) is 18.2 Å². The average molecular weight is 219 g/mol. The van der Waals surface area contributed by atoms with Crippen LogP contribution < -0.4 is 0 Å². The zero-order valence-corrected chi connectivity index (χ0v) is 8.97. The third-order valence-electron chi connectivity index (χ3n) is 2.47. The van der Waals surface area contributed by atoms with Crippen molar-refractivity contribution >= 4 is 16.9 Å². The maximum atomic E-state index is 11.2. The second-order valence-electron chi connectivity index (χ2n) is 3.66. The van der Waals surface area contributed by atoms with E-state index < -0.39 is 6.61 Å². The van der Waals surface area contributed by atoms with Gasteiger partial charge >= 0.3 is 0 Å². The highest BCUT2D eigenvalue weighted by molar-refractivity contribution is 5.77. The lowest BCUT2D eigenvalue weighted by Crippen LogP contribution is -2.28. The summed E-state index contributed by atoms with van der Waals surface area (Å²) in [4.78, 5) is 19.8. The molecule has 1 amide bonds. The summed E-state index contributed by atoms with van der Waals surface area (Å²) < 4.78 is 0. The Morgan fingerprint density at radius 2 is 2.38 bits per heavy atom. The van der Waals surface area contributed by atoms with Gasteiger partial charge in [0.05, 0.1) is 17.4 Å². The van der Waals surface area contributed by atoms with Gasteiger partial charge in [-0.2, -0.15) is 0 Å². The zero-order chi connectivity index (χ0) is 11.5. The van der Waals surface area contributed by atoms with Crippen LogP contribution in [0.2, 0.25) is 0 Å². The number of likely N-dealkylation sites (N-methyl/N-ethyl adjacent to an activating group) is 1. The van der Waals surface area contributed by atoms with Gasteiger partial charge in [-0.3, -0.25) is 4.79 Å². The van der Waals surface area contributed by atoms with Crippen LogP contribution in [-0.4, -0.2) is 39.5 Å². The van der Waals surface area contributed by atoms with Gasteiger partial charge in [0.25, 0.3) is 0 Å². The second kappa shape index (κ2) is 4.32. The number of carbonyl (C=O) groups excluding carboxylic acids is 1. The predicted molar refractivity (Wildman–Crippen MR) is 59.7 cm³/mol. The fraction of sp³-hybridized carbons (Fsp3) is 0.273. The second-order valence-corrected chi connectivity index (χ2v) is 3.66. The normalized spacial score (nSPS) is 10.6. The largest absolute Gasteiger partial charge is 0.387 e. The molecule has 0 unspecified atom stereocenters. The average Bonchev–Trinajstić information content (AvgIpc) is 2.75. The molecule has 0 aliphatic rings. The SMILES string of the molecule is CN(Cc1ccc2nc[nH]c2c1)C(=O)CO. The number of aliphatic hydroxyl groups is 1. The first-order valence-electron chi connectivity index (χ1n) is 4.97. The molecule has 5 nitrogen and oxygen atoms in total. The number of H-pyrrole nitrogens is 1. The molecular formula is C11H13N3O2. The summed E-state index contributed by atoms with van der Waals surface area (Å²) in [5, 5.41) is 8.71. The Hall–Kier alpha value is -1.88. The predicted octanol–water partition coefficient (Wildman–Crippen LogP) is 0.514. The molecule has 16 heavy (non-hydrogen) atoms. The lowest BCUT2D eigenvalue weighted by Gasteiger charge is -2.15. The molecule has 2 aromatic rings. The molecule has 2 rings (SSSR count). The van der Waals surface area contributed by atoms with Crippen molar-refractivity contribution in [1.29, 1.82) is 0 Å². The van der Waals surface area contributed by atoms with E-state index in [0.29, 0.717) is 6.54 Å². The van der Waals surface area contributed by atoms with Crippen molar-refractivity contribution in [2.24, 2.45) is 0 Å². The van der Waals surface area contributed by atoms with Gasteiger partial charge < -0.3 is 15.0 Å². The first-order chi connectivity index (χ1) is 7.70. The van der Waals surface area contributed by atoms with E-state index in [9.17, 15) is 4.79 Å². The van der Waals surface area contributed by atoms with Crippen molar-refractivity contribution in [3.8, 4) is 0 Å². The van der Waals surface area contributed by atoms with Crippen LogP contribution in [-0.2, 0) is 11.3 Å². The minimum absolute atomic E-state index is 0.287. The van der Waals surface area contributed by atoms with Crippen LogP contribution in [0.4, 0.5) is 0 Å². The third kappa shape index (κ3) is 2.04. The van der Waals surface area contributed by atoms with Crippen molar-refractivity contribution in [2.45, 2.75) is 6.54 Å². The van der Waals surface area contributed by atoms with Crippen molar-refractivity contribution < 1.29 is 9.90 Å². The molecule has 84 valence electrons. The smallest absolute Gasteiger partial charge is 0.248 e. The number of nitrogens with one attached hydrogen (secondary N) is 1. The van der Waals surface area contributed by atoms with Crippen LogP contribution in [0.25, 0.3) is 11.0 Å². The highest BCUT2D eigenvalue weighted by atomic mass is 16.3. The van der Waals surface area contributed by atoms with E-state index in [-0.39, 0.29) is 5.91 Å². The summed E-state index contributed by atoms with van der Waals surface area (Å²) in [6.45, 7) is 0.0250. The summed E-state index contributed by atoms with van der Waals surface area (Å²) in [5.74, 6) is -0.287. The molecule has 0 spiro atoms. The first-order valence-corrected chi connectivity index (χ1v) is 4.97. The minimum atomic E-state index is -0.456. The maximum Gasteiger partial charge on any atom is 0.248 e. The van der Waals surface area contributed by atoms with Crippen LogP contribution in [0.15, 0.2) is 24.5 Å². The monoisotopic (exact) mass is 219 g/mol. The highest BCUT2D eigenvalue weighted by Gasteiger charge is 2.07. The number of hydrogen-bond acceptors (Lipinski definition) is 3. The number of hydrogen-bond donors (Lipinski definition) is 2. The highest BCUT2D eigenvalue weighted by Crippen LogP contribution is 2.12. The van der Waals surface area contributed by atoms with Gasteiger partial charge in [0, 0.05) is 13.6 Å². The van der Waals surface area contributed by atoms with Crippen molar-refractivity contribution in [2.75, 3.05) is 13.7 Å². The molecule has 1 aromatic carbocycles. The van der Waals surface area contributed by atoms with Gasteiger partial charge in [-0.15, -0.1) is 0 Å². The van der Waals surface area contributed by atoms with Crippen LogP contribution >= 0.6 is 0 Å². The molecule has 0 atom stereocenters. The van der Waals surface area contributed by atoms with Gasteiger partial charge in [0.15, 0.2) is 0 Å². The molecule has 0 bridgehead atoms. The van der Waals surface area contributed by atoms with E-state index in [4.69, 9.17) is 5.11 Å². The molecule has 0 aliphatic carbocycles. The number of rotatable bonds is 3. The quantitative estimate of drug-likeness (QED) is 0.790. The number of carbonyl (C=O) groups is 1. The van der Waals surface area contributed by atoms with Gasteiger partial charge in [-0.05, 0) is 17.7 Å². The maximum absolute atomic E-state index is 11.2. The van der Waals surface area contributed by atoms with E-state index in [0.717, 1.165) is 16.6 Å². The van der Waals surface area contributed by atoms with Gasteiger partial charge in [-0.1, -0.05) is 6.07 Å². The number of imidazole rings is 1. The molecule has 2 N–H and O–H groups in total. The summed E-state index contributed by atoms with van der Waals surface area (Å²) in [6.07, 6.45) is 1.64. The number of aliphatic hydroxyl groups excluding tert-OH is 1. The molecule has 1 heterocycles. The van der Waals surface area contributed by atoms with Gasteiger partial charge in [0.1, 0.15) is 6.61 Å². The Kier molecular flexibility index (Phi) is 2.87. The van der Waals surface area contributed by atoms with Crippen LogP contribution in [0.3, 0.4) is 0 Å². The van der Waals surface area contributed by atoms with E-state index >= 15 is 0 Å². The summed E-state index contributed by atoms with van der Waals surface area (Å²) in [7, 11) is 1.66. The standard InChI is InChI=1S/C11H13N3O2/c1-14(11(16)6-15)5-8-2-3-9-10(4-8)13-7-12-9/h2-4,7,15H,5-6H2,1H3,(H,12,13). The van der Waals surface area contributed by atoms with Gasteiger partial charge in [0.2, 0.25) is 5.91 Å². The molecule has 1 aromatic heterocycles. The first kappa shape index (κ1) is 10.6. The topological polar surface area (TPSA) is 69.2 Å². The number of benzene rings is 1. The molecule has 0 saturated heterocycles. The Bertz CT molecular complexity index is 507. The van der Waals surface area contributed by atoms with Gasteiger partial charge in [-0.25, -0.2) is 4.98 Å². The number of nitrogens with zero attached hydrogens (tertiary/aromatic N) is 2. The lowest BCUT2D eigenvalue weighted by atomic mass is 10.2. The fourth-order valence-corrected chi connectivity index (χ4v) is 1.56. The van der Waals surface area contributed by atoms with E-state index in [2.05, 4.69) is 9.97 Å². The van der Waals surface area contributed by atoms with Crippen LogP contribution in [0, 0.1) is 0 Å². The molecule has 0 radical (unpaired) electrons. The lowest BCUT2D eigenvalue weighted by molar-refractivity contribution is -0.133. The summed E-state index contributed by atoms with van der Waals surface area (Å²) >= 11 is 0. The molecule has 0 aliphatic heterocycles. The van der Waals surface area contributed by atoms with E-state index in [1.165, 1.54) is 4.90 Å². The number of aromatic amines is 1. The summed E-state index contributed by atoms with van der Waals surface area (Å²) in [6, 6.07) is 5.77. The molecular weight excluding hydrogens is 206 g/mol. The Labute approximate surface area is 92.7 Å².